The molecule has 1 saturated heterocycles. The van der Waals surface area contributed by atoms with Crippen LogP contribution in [0.1, 0.15) is 18.2 Å². The van der Waals surface area contributed by atoms with Crippen LogP contribution in [0.4, 0.5) is 0 Å². The number of rotatable bonds is 9. The van der Waals surface area contributed by atoms with Crippen molar-refractivity contribution in [2.24, 2.45) is 5.73 Å². The number of phosphoric ester groups is 1. The van der Waals surface area contributed by atoms with Crippen LogP contribution in [0.2, 0.25) is 0 Å². The molecule has 2 rings (SSSR count). The van der Waals surface area contributed by atoms with E-state index in [9.17, 15) is 33.8 Å². The lowest BCUT2D eigenvalue weighted by molar-refractivity contribution is -0.0543. The van der Waals surface area contributed by atoms with Crippen molar-refractivity contribution in [3.05, 3.63) is 32.6 Å². The molecule has 1 aliphatic rings. The number of nitrogens with zero attached hydrogens (tertiary/aromatic N) is 1. The molecule has 1 aliphatic heterocycles. The summed E-state index contributed by atoms with van der Waals surface area (Å²) >= 11 is 0. The highest BCUT2D eigenvalue weighted by Crippen LogP contribution is 2.57. The van der Waals surface area contributed by atoms with E-state index >= 15 is 0 Å². The quantitative estimate of drug-likeness (QED) is 0.185. The van der Waals surface area contributed by atoms with Gasteiger partial charge in [0.15, 0.2) is 6.23 Å². The van der Waals surface area contributed by atoms with E-state index < -0.39 is 58.0 Å². The number of aromatic amines is 1. The van der Waals surface area contributed by atoms with E-state index in [1.165, 1.54) is 0 Å². The zero-order valence-corrected chi connectivity index (χ0v) is 16.5. The lowest BCUT2D eigenvalue weighted by atomic mass is 10.1. The van der Waals surface area contributed by atoms with E-state index in [1.54, 1.807) is 0 Å². The number of nitrogens with one attached hydrogen (secondary N) is 1. The summed E-state index contributed by atoms with van der Waals surface area (Å²) in [6.07, 6.45) is -4.55. The van der Waals surface area contributed by atoms with Gasteiger partial charge in [0.1, 0.15) is 18.3 Å². The maximum absolute atomic E-state index is 12.1. The first kappa shape index (κ1) is 24.1. The molecular formula is C12H21N3O12P2. The van der Waals surface area contributed by atoms with Crippen molar-refractivity contribution in [1.82, 2.24) is 9.55 Å². The van der Waals surface area contributed by atoms with Crippen LogP contribution >= 0.6 is 15.6 Å². The Balaban J connectivity index is 2.17. The standard InChI is InChI=1S/C12H21N3O12P2/c13-3-1-2-6-4-15(12(19)14-10(6)18)11-9(17)8(16)7(26-11)5-25-29(23,24)27-28(20,21)22/h4,7-9,11,16-17H,1-3,5,13H2,(H,23,24)(H,14,18,19)(H2,20,21,22)/t7-,8-,9-,11-/m1/s1. The van der Waals surface area contributed by atoms with Gasteiger partial charge in [-0.25, -0.2) is 13.9 Å². The minimum absolute atomic E-state index is 0.176. The van der Waals surface area contributed by atoms with Crippen LogP contribution in [0.3, 0.4) is 0 Å². The highest BCUT2D eigenvalue weighted by atomic mass is 31.3. The van der Waals surface area contributed by atoms with Crippen LogP contribution in [0.15, 0.2) is 15.8 Å². The molecule has 2 heterocycles. The van der Waals surface area contributed by atoms with Crippen LogP contribution in [-0.2, 0) is 29.1 Å². The van der Waals surface area contributed by atoms with Crippen LogP contribution < -0.4 is 17.0 Å². The molecule has 5 atom stereocenters. The number of aryl methyl sites for hydroxylation is 1. The van der Waals surface area contributed by atoms with Crippen molar-refractivity contribution >= 4 is 15.6 Å². The predicted molar refractivity (Wildman–Crippen MR) is 93.5 cm³/mol. The summed E-state index contributed by atoms with van der Waals surface area (Å²) in [6, 6.07) is 0. The second-order valence-electron chi connectivity index (χ2n) is 6.10. The SMILES string of the molecule is NCCCc1cn([C@@H]2O[C@H](COP(=O)(O)OP(=O)(O)O)[C@@H](O)[C@H]2O)c(=O)[nH]c1=O. The van der Waals surface area contributed by atoms with Crippen LogP contribution in [0.5, 0.6) is 0 Å². The maximum Gasteiger partial charge on any atom is 0.481 e. The summed E-state index contributed by atoms with van der Waals surface area (Å²) in [6.45, 7) is -0.627. The Morgan fingerprint density at radius 3 is 2.45 bits per heavy atom. The number of H-pyrrole nitrogens is 1. The first-order valence-electron chi connectivity index (χ1n) is 8.15. The molecule has 0 aromatic carbocycles. The summed E-state index contributed by atoms with van der Waals surface area (Å²) < 4.78 is 36.2. The Morgan fingerprint density at radius 2 is 1.86 bits per heavy atom. The second-order valence-corrected chi connectivity index (χ2v) is 8.93. The molecule has 0 saturated carbocycles. The average Bonchev–Trinajstić information content (AvgIpc) is 2.85. The molecule has 15 nitrogen and oxygen atoms in total. The van der Waals surface area contributed by atoms with Gasteiger partial charge in [-0.15, -0.1) is 0 Å². The van der Waals surface area contributed by atoms with Crippen molar-refractivity contribution in [1.29, 1.82) is 0 Å². The topological polar surface area (TPSA) is 244 Å². The van der Waals surface area contributed by atoms with Crippen LogP contribution in [0.25, 0.3) is 0 Å². The average molecular weight is 461 g/mol. The lowest BCUT2D eigenvalue weighted by Crippen LogP contribution is -2.39. The van der Waals surface area contributed by atoms with Crippen molar-refractivity contribution in [3.8, 4) is 0 Å². The Kier molecular flexibility index (Phi) is 7.70. The molecule has 0 radical (unpaired) electrons. The second kappa shape index (κ2) is 9.29. The van der Waals surface area contributed by atoms with Gasteiger partial charge >= 0.3 is 21.3 Å². The molecule has 0 amide bonds. The summed E-state index contributed by atoms with van der Waals surface area (Å²) in [5.74, 6) is 0. The molecular weight excluding hydrogens is 440 g/mol. The zero-order valence-electron chi connectivity index (χ0n) is 14.7. The number of aliphatic hydroxyl groups is 2. The molecule has 0 spiro atoms. The molecule has 1 unspecified atom stereocenters. The number of hydrogen-bond acceptors (Lipinski definition) is 10. The smallest absolute Gasteiger partial charge is 0.387 e. The highest BCUT2D eigenvalue weighted by Gasteiger charge is 2.45. The third kappa shape index (κ3) is 6.38. The van der Waals surface area contributed by atoms with Gasteiger partial charge in [0.25, 0.3) is 5.56 Å². The van der Waals surface area contributed by atoms with Crippen LogP contribution in [0, 0.1) is 0 Å². The molecule has 0 bridgehead atoms. The van der Waals surface area contributed by atoms with Gasteiger partial charge in [0.2, 0.25) is 0 Å². The fourth-order valence-electron chi connectivity index (χ4n) is 2.61. The van der Waals surface area contributed by atoms with Gasteiger partial charge in [-0.2, -0.15) is 4.31 Å². The number of aromatic nitrogens is 2. The Hall–Kier alpha value is -1.22. The number of hydrogen-bond donors (Lipinski definition) is 7. The third-order valence-electron chi connectivity index (χ3n) is 3.91. The molecule has 8 N–H and O–H groups in total. The van der Waals surface area contributed by atoms with Crippen molar-refractivity contribution in [2.75, 3.05) is 13.2 Å². The fraction of sp³-hybridized carbons (Fsp3) is 0.667. The minimum Gasteiger partial charge on any atom is -0.387 e. The number of ether oxygens (including phenoxy) is 1. The normalized spacial score (nSPS) is 27.1. The van der Waals surface area contributed by atoms with E-state index in [1.807, 2.05) is 4.98 Å². The van der Waals surface area contributed by atoms with E-state index in [-0.39, 0.29) is 18.5 Å². The van der Waals surface area contributed by atoms with Gasteiger partial charge in [-0.3, -0.25) is 18.9 Å². The molecule has 1 aromatic rings. The first-order valence-corrected chi connectivity index (χ1v) is 11.2. The predicted octanol–water partition coefficient (Wildman–Crippen LogP) is -2.73. The van der Waals surface area contributed by atoms with E-state index in [0.717, 1.165) is 10.8 Å². The third-order valence-corrected chi connectivity index (χ3v) is 6.07. The summed E-state index contributed by atoms with van der Waals surface area (Å²) in [5.41, 5.74) is 3.97. The molecule has 166 valence electrons. The summed E-state index contributed by atoms with van der Waals surface area (Å²) in [7, 11) is -10.5. The first-order chi connectivity index (χ1) is 13.3. The number of nitrogens with two attached hydrogens (primary N) is 1. The van der Waals surface area contributed by atoms with Gasteiger partial charge < -0.3 is 35.4 Å². The Bertz CT molecular complexity index is 925. The molecule has 1 fully saturated rings. The van der Waals surface area contributed by atoms with E-state index in [4.69, 9.17) is 20.3 Å². The van der Waals surface area contributed by atoms with Gasteiger partial charge in [-0.1, -0.05) is 0 Å². The number of phosphoric acid groups is 2. The van der Waals surface area contributed by atoms with Gasteiger partial charge in [0, 0.05) is 11.8 Å². The van der Waals surface area contributed by atoms with Crippen LogP contribution in [-0.4, -0.2) is 65.9 Å². The zero-order chi connectivity index (χ0) is 22.0. The van der Waals surface area contributed by atoms with Crippen molar-refractivity contribution in [3.63, 3.8) is 0 Å². The van der Waals surface area contributed by atoms with Crippen molar-refractivity contribution < 1.29 is 47.6 Å². The molecule has 1 aromatic heterocycles. The molecule has 0 aliphatic carbocycles. The Labute approximate surface area is 162 Å². The highest BCUT2D eigenvalue weighted by molar-refractivity contribution is 7.60. The Morgan fingerprint density at radius 1 is 1.21 bits per heavy atom. The van der Waals surface area contributed by atoms with Crippen molar-refractivity contribution in [2.45, 2.75) is 37.4 Å². The van der Waals surface area contributed by atoms with Gasteiger partial charge in [-0.05, 0) is 19.4 Å². The van der Waals surface area contributed by atoms with Gasteiger partial charge in [0.05, 0.1) is 6.61 Å². The minimum atomic E-state index is -5.34. The van der Waals surface area contributed by atoms with E-state index in [0.29, 0.717) is 6.42 Å². The fourth-order valence-corrected chi connectivity index (χ4v) is 4.21. The largest absolute Gasteiger partial charge is 0.481 e. The number of aliphatic hydroxyl groups excluding tert-OH is 2. The monoisotopic (exact) mass is 461 g/mol. The summed E-state index contributed by atoms with van der Waals surface area (Å²) in [5, 5.41) is 20.2. The molecule has 29 heavy (non-hydrogen) atoms. The summed E-state index contributed by atoms with van der Waals surface area (Å²) in [4.78, 5) is 52.3. The lowest BCUT2D eigenvalue weighted by Gasteiger charge is -2.18. The molecule has 17 heteroatoms. The maximum atomic E-state index is 12.1. The van der Waals surface area contributed by atoms with E-state index in [2.05, 4.69) is 8.83 Å².